The van der Waals surface area contributed by atoms with E-state index >= 15 is 0 Å². The van der Waals surface area contributed by atoms with Crippen LogP contribution in [0.3, 0.4) is 0 Å². The number of nitrogens with zero attached hydrogens (tertiary/aromatic N) is 4. The maximum absolute atomic E-state index is 12.5. The van der Waals surface area contributed by atoms with E-state index in [-0.39, 0.29) is 6.09 Å². The minimum absolute atomic E-state index is 0.251. The van der Waals surface area contributed by atoms with Crippen LogP contribution in [-0.4, -0.2) is 53.7 Å². The van der Waals surface area contributed by atoms with Gasteiger partial charge in [-0.2, -0.15) is 0 Å². The average molecular weight is 415 g/mol. The molecule has 0 saturated carbocycles. The maximum Gasteiger partial charge on any atom is 0.410 e. The minimum atomic E-state index is -0.251. The van der Waals surface area contributed by atoms with E-state index in [1.807, 2.05) is 48.5 Å². The number of pyridine rings is 2. The van der Waals surface area contributed by atoms with Gasteiger partial charge in [0.05, 0.1) is 11.4 Å². The number of amides is 1. The lowest BCUT2D eigenvalue weighted by Gasteiger charge is -2.36. The summed E-state index contributed by atoms with van der Waals surface area (Å²) >= 11 is 0. The van der Waals surface area contributed by atoms with Gasteiger partial charge in [0.1, 0.15) is 12.4 Å². The molecule has 0 radical (unpaired) electrons. The largest absolute Gasteiger partial charge is 0.445 e. The first-order valence-electron chi connectivity index (χ1n) is 10.7. The number of piperazine rings is 1. The van der Waals surface area contributed by atoms with Crippen molar-refractivity contribution in [3.05, 3.63) is 71.9 Å². The van der Waals surface area contributed by atoms with Crippen LogP contribution >= 0.6 is 0 Å². The first-order valence-corrected chi connectivity index (χ1v) is 10.7. The monoisotopic (exact) mass is 415 g/mol. The fraction of sp³-hybridized carbons (Fsp3) is 0.292. The van der Waals surface area contributed by atoms with E-state index in [4.69, 9.17) is 9.72 Å². The van der Waals surface area contributed by atoms with E-state index in [0.29, 0.717) is 19.7 Å². The lowest BCUT2D eigenvalue weighted by atomic mass is 10.1. The maximum atomic E-state index is 12.5. The number of rotatable bonds is 4. The number of benzene rings is 1. The molecule has 1 fully saturated rings. The molecule has 5 rings (SSSR count). The van der Waals surface area contributed by atoms with Crippen molar-refractivity contribution in [2.45, 2.75) is 13.0 Å². The Labute approximate surface area is 181 Å². The molecule has 0 bridgehead atoms. The Kier molecular flexibility index (Phi) is 5.39. The summed E-state index contributed by atoms with van der Waals surface area (Å²) in [6.07, 6.45) is 2.50. The molecular formula is C24H25N5O2. The van der Waals surface area contributed by atoms with Crippen molar-refractivity contribution in [2.24, 2.45) is 0 Å². The summed E-state index contributed by atoms with van der Waals surface area (Å²) < 4.78 is 5.50. The number of aromatic nitrogens is 2. The van der Waals surface area contributed by atoms with Crippen LogP contribution in [0.1, 0.15) is 11.1 Å². The number of anilines is 2. The van der Waals surface area contributed by atoms with Gasteiger partial charge >= 0.3 is 6.09 Å². The fourth-order valence-electron chi connectivity index (χ4n) is 4.12. The number of carbonyl (C=O) groups is 1. The standard InChI is InChI=1S/C24H25N5O2/c30-24(31-17-18-6-2-1-3-7-18)29-14-12-28(13-15-29)22-16-21(20-8-4-5-10-25-20)27-23-19(22)9-11-26-23/h1-8,10,16H,9,11-15,17H2,(H,26,27). The van der Waals surface area contributed by atoms with Crippen LogP contribution in [0.25, 0.3) is 11.4 Å². The Balaban J connectivity index is 1.27. The van der Waals surface area contributed by atoms with Crippen LogP contribution in [0.5, 0.6) is 0 Å². The molecule has 2 aliphatic rings. The summed E-state index contributed by atoms with van der Waals surface area (Å²) in [5, 5.41) is 3.40. The van der Waals surface area contributed by atoms with Crippen LogP contribution in [0.2, 0.25) is 0 Å². The Bertz CT molecular complexity index is 1050. The Morgan fingerprint density at radius 2 is 1.81 bits per heavy atom. The molecule has 7 nitrogen and oxygen atoms in total. The van der Waals surface area contributed by atoms with Gasteiger partial charge in [0.15, 0.2) is 0 Å². The zero-order chi connectivity index (χ0) is 21.0. The van der Waals surface area contributed by atoms with Crippen molar-refractivity contribution in [3.63, 3.8) is 0 Å². The van der Waals surface area contributed by atoms with Crippen molar-refractivity contribution in [1.82, 2.24) is 14.9 Å². The number of fused-ring (bicyclic) bond motifs is 1. The van der Waals surface area contributed by atoms with Gasteiger partial charge in [0, 0.05) is 50.2 Å². The summed E-state index contributed by atoms with van der Waals surface area (Å²) in [5.74, 6) is 0.947. The molecule has 31 heavy (non-hydrogen) atoms. The van der Waals surface area contributed by atoms with Crippen molar-refractivity contribution in [2.75, 3.05) is 42.9 Å². The first-order chi connectivity index (χ1) is 15.3. The van der Waals surface area contributed by atoms with Crippen molar-refractivity contribution in [1.29, 1.82) is 0 Å². The van der Waals surface area contributed by atoms with E-state index in [2.05, 4.69) is 21.3 Å². The van der Waals surface area contributed by atoms with E-state index in [1.165, 1.54) is 11.3 Å². The molecule has 0 atom stereocenters. The van der Waals surface area contributed by atoms with Gasteiger partial charge in [-0.15, -0.1) is 0 Å². The fourth-order valence-corrected chi connectivity index (χ4v) is 4.12. The lowest BCUT2D eigenvalue weighted by molar-refractivity contribution is 0.0942. The topological polar surface area (TPSA) is 70.6 Å². The van der Waals surface area contributed by atoms with E-state index in [9.17, 15) is 4.79 Å². The molecule has 0 spiro atoms. The molecule has 2 aromatic heterocycles. The summed E-state index contributed by atoms with van der Waals surface area (Å²) in [6.45, 7) is 3.99. The summed E-state index contributed by atoms with van der Waals surface area (Å²) in [5.41, 5.74) is 5.17. The van der Waals surface area contributed by atoms with Gasteiger partial charge in [0.25, 0.3) is 0 Å². The molecule has 0 aliphatic carbocycles. The van der Waals surface area contributed by atoms with Crippen LogP contribution in [-0.2, 0) is 17.8 Å². The van der Waals surface area contributed by atoms with Crippen LogP contribution < -0.4 is 10.2 Å². The van der Waals surface area contributed by atoms with Gasteiger partial charge in [-0.25, -0.2) is 9.78 Å². The van der Waals surface area contributed by atoms with Gasteiger partial charge in [-0.3, -0.25) is 4.98 Å². The second-order valence-electron chi connectivity index (χ2n) is 7.76. The number of carbonyl (C=O) groups excluding carboxylic acids is 1. The molecule has 1 N–H and O–H groups in total. The number of ether oxygens (including phenoxy) is 1. The zero-order valence-electron chi connectivity index (χ0n) is 17.3. The van der Waals surface area contributed by atoms with Gasteiger partial charge in [0.2, 0.25) is 0 Å². The predicted molar refractivity (Wildman–Crippen MR) is 120 cm³/mol. The quantitative estimate of drug-likeness (QED) is 0.703. The van der Waals surface area contributed by atoms with Crippen molar-refractivity contribution in [3.8, 4) is 11.4 Å². The predicted octanol–water partition coefficient (Wildman–Crippen LogP) is 3.57. The van der Waals surface area contributed by atoms with Crippen LogP contribution in [0.15, 0.2) is 60.8 Å². The zero-order valence-corrected chi connectivity index (χ0v) is 17.3. The Morgan fingerprint density at radius 1 is 1.00 bits per heavy atom. The van der Waals surface area contributed by atoms with Crippen molar-refractivity contribution >= 4 is 17.6 Å². The van der Waals surface area contributed by atoms with Gasteiger partial charge in [-0.05, 0) is 30.2 Å². The van der Waals surface area contributed by atoms with E-state index in [0.717, 1.165) is 48.8 Å². The Hall–Kier alpha value is -3.61. The van der Waals surface area contributed by atoms with E-state index < -0.39 is 0 Å². The number of hydrogen-bond donors (Lipinski definition) is 1. The average Bonchev–Trinajstić information content (AvgIpc) is 3.32. The third-order valence-corrected chi connectivity index (χ3v) is 5.78. The normalized spacial score (nSPS) is 15.4. The van der Waals surface area contributed by atoms with E-state index in [1.54, 1.807) is 11.1 Å². The highest BCUT2D eigenvalue weighted by Crippen LogP contribution is 2.34. The number of nitrogens with one attached hydrogen (secondary N) is 1. The molecule has 3 aromatic rings. The molecule has 0 unspecified atom stereocenters. The second kappa shape index (κ2) is 8.63. The summed E-state index contributed by atoms with van der Waals surface area (Å²) in [6, 6.07) is 17.8. The molecule has 1 amide bonds. The molecule has 158 valence electrons. The Morgan fingerprint density at radius 3 is 2.58 bits per heavy atom. The molecular weight excluding hydrogens is 390 g/mol. The first kappa shape index (κ1) is 19.4. The van der Waals surface area contributed by atoms with Gasteiger partial charge < -0.3 is 19.9 Å². The summed E-state index contributed by atoms with van der Waals surface area (Å²) in [7, 11) is 0. The highest BCUT2D eigenvalue weighted by atomic mass is 16.6. The van der Waals surface area contributed by atoms with Crippen LogP contribution in [0, 0.1) is 0 Å². The molecule has 1 saturated heterocycles. The third kappa shape index (κ3) is 4.17. The third-order valence-electron chi connectivity index (χ3n) is 5.78. The molecule has 1 aromatic carbocycles. The number of hydrogen-bond acceptors (Lipinski definition) is 6. The molecule has 4 heterocycles. The highest BCUT2D eigenvalue weighted by Gasteiger charge is 2.27. The minimum Gasteiger partial charge on any atom is -0.445 e. The second-order valence-corrected chi connectivity index (χ2v) is 7.76. The SMILES string of the molecule is O=C(OCc1ccccc1)N1CCN(c2cc(-c3ccccn3)nc3c2CCN3)CC1. The molecule has 2 aliphatic heterocycles. The van der Waals surface area contributed by atoms with Crippen molar-refractivity contribution < 1.29 is 9.53 Å². The van der Waals surface area contributed by atoms with Gasteiger partial charge in [-0.1, -0.05) is 36.4 Å². The highest BCUT2D eigenvalue weighted by molar-refractivity contribution is 5.74. The lowest BCUT2D eigenvalue weighted by Crippen LogP contribution is -2.49. The smallest absolute Gasteiger partial charge is 0.410 e. The molecule has 7 heteroatoms. The summed E-state index contributed by atoms with van der Waals surface area (Å²) in [4.78, 5) is 25.9. The van der Waals surface area contributed by atoms with Crippen LogP contribution in [0.4, 0.5) is 16.3 Å².